The minimum Gasteiger partial charge on any atom is -0.478 e. The molecule has 0 atom stereocenters. The Labute approximate surface area is 118 Å². The van der Waals surface area contributed by atoms with E-state index in [1.54, 1.807) is 24.1 Å². The van der Waals surface area contributed by atoms with Crippen molar-refractivity contribution in [2.75, 3.05) is 0 Å². The van der Waals surface area contributed by atoms with Crippen LogP contribution in [0.5, 0.6) is 0 Å². The molecule has 3 aromatic heterocycles. The first-order chi connectivity index (χ1) is 9.58. The predicted octanol–water partition coefficient (Wildman–Crippen LogP) is 1.85. The number of aromatic carboxylic acids is 1. The number of carboxylic acid groups (broad SMARTS) is 1. The average molecular weight is 289 g/mol. The van der Waals surface area contributed by atoms with Crippen LogP contribution >= 0.6 is 11.8 Å². The van der Waals surface area contributed by atoms with Gasteiger partial charge in [-0.3, -0.25) is 4.68 Å². The SMILES string of the molecule is Cc1nn(C)c2ncc(C(=O)O)c(Sc3ncc[nH]3)c12. The van der Waals surface area contributed by atoms with Crippen LogP contribution in [0.25, 0.3) is 11.0 Å². The zero-order valence-electron chi connectivity index (χ0n) is 10.8. The van der Waals surface area contributed by atoms with Gasteiger partial charge in [0, 0.05) is 30.5 Å². The van der Waals surface area contributed by atoms with Gasteiger partial charge in [-0.2, -0.15) is 5.10 Å². The molecule has 0 saturated carbocycles. The topological polar surface area (TPSA) is 96.7 Å². The van der Waals surface area contributed by atoms with Gasteiger partial charge in [-0.15, -0.1) is 0 Å². The summed E-state index contributed by atoms with van der Waals surface area (Å²) in [7, 11) is 1.78. The van der Waals surface area contributed by atoms with Crippen LogP contribution in [0.3, 0.4) is 0 Å². The molecule has 0 aliphatic rings. The first-order valence-electron chi connectivity index (χ1n) is 5.80. The van der Waals surface area contributed by atoms with Crippen molar-refractivity contribution in [3.8, 4) is 0 Å². The number of pyridine rings is 1. The number of fused-ring (bicyclic) bond motifs is 1. The summed E-state index contributed by atoms with van der Waals surface area (Å²) >= 11 is 1.27. The van der Waals surface area contributed by atoms with Crippen LogP contribution in [-0.4, -0.2) is 35.8 Å². The summed E-state index contributed by atoms with van der Waals surface area (Å²) in [6.07, 6.45) is 4.67. The van der Waals surface area contributed by atoms with Crippen molar-refractivity contribution < 1.29 is 9.90 Å². The smallest absolute Gasteiger partial charge is 0.338 e. The second kappa shape index (κ2) is 4.64. The standard InChI is InChI=1S/C12H11N5O2S/c1-6-8-9(20-12-13-3-4-14-12)7(11(18)19)5-15-10(8)17(2)16-6/h3-5H,1-2H3,(H,13,14)(H,18,19). The molecule has 0 amide bonds. The third-order valence-electron chi connectivity index (χ3n) is 2.88. The molecule has 0 bridgehead atoms. The summed E-state index contributed by atoms with van der Waals surface area (Å²) < 4.78 is 1.64. The van der Waals surface area contributed by atoms with E-state index >= 15 is 0 Å². The monoisotopic (exact) mass is 289 g/mol. The minimum absolute atomic E-state index is 0.148. The van der Waals surface area contributed by atoms with Crippen LogP contribution < -0.4 is 0 Å². The van der Waals surface area contributed by atoms with Gasteiger partial charge in [-0.25, -0.2) is 14.8 Å². The third kappa shape index (κ3) is 1.94. The molecule has 102 valence electrons. The molecule has 3 heterocycles. The number of imidazole rings is 1. The number of carbonyl (C=O) groups is 1. The van der Waals surface area contributed by atoms with E-state index in [9.17, 15) is 9.90 Å². The molecule has 0 aromatic carbocycles. The first-order valence-corrected chi connectivity index (χ1v) is 6.62. The number of aromatic nitrogens is 5. The summed E-state index contributed by atoms with van der Waals surface area (Å²) in [6.45, 7) is 1.84. The van der Waals surface area contributed by atoms with Crippen LogP contribution in [0.4, 0.5) is 0 Å². The molecule has 3 aromatic rings. The van der Waals surface area contributed by atoms with E-state index in [0.29, 0.717) is 15.7 Å². The fourth-order valence-electron chi connectivity index (χ4n) is 2.04. The van der Waals surface area contributed by atoms with Gasteiger partial charge in [0.25, 0.3) is 0 Å². The highest BCUT2D eigenvalue weighted by Gasteiger charge is 2.20. The van der Waals surface area contributed by atoms with E-state index in [1.165, 1.54) is 18.0 Å². The number of H-pyrrole nitrogens is 1. The van der Waals surface area contributed by atoms with Gasteiger partial charge in [0.05, 0.1) is 16.6 Å². The number of nitrogens with one attached hydrogen (secondary N) is 1. The Bertz CT molecular complexity index is 794. The van der Waals surface area contributed by atoms with Crippen molar-refractivity contribution in [1.29, 1.82) is 0 Å². The van der Waals surface area contributed by atoms with Gasteiger partial charge in [0.2, 0.25) is 0 Å². The molecule has 2 N–H and O–H groups in total. The Hall–Kier alpha value is -2.35. The maximum absolute atomic E-state index is 11.4. The van der Waals surface area contributed by atoms with E-state index in [4.69, 9.17) is 0 Å². The van der Waals surface area contributed by atoms with Crippen molar-refractivity contribution in [1.82, 2.24) is 24.7 Å². The van der Waals surface area contributed by atoms with Crippen LogP contribution in [0, 0.1) is 6.92 Å². The normalized spacial score (nSPS) is 11.1. The van der Waals surface area contributed by atoms with E-state index in [2.05, 4.69) is 20.1 Å². The number of nitrogens with zero attached hydrogens (tertiary/aromatic N) is 4. The summed E-state index contributed by atoms with van der Waals surface area (Å²) in [4.78, 5) is 23.3. The van der Waals surface area contributed by atoms with Crippen LogP contribution in [-0.2, 0) is 7.05 Å². The molecular formula is C12H11N5O2S. The van der Waals surface area contributed by atoms with Crippen molar-refractivity contribution >= 4 is 28.8 Å². The molecule has 7 nitrogen and oxygen atoms in total. The van der Waals surface area contributed by atoms with Gasteiger partial charge < -0.3 is 10.1 Å². The predicted molar refractivity (Wildman–Crippen MR) is 72.9 cm³/mol. The van der Waals surface area contributed by atoms with Crippen LogP contribution in [0.15, 0.2) is 28.6 Å². The second-order valence-corrected chi connectivity index (χ2v) is 5.21. The number of hydrogen-bond acceptors (Lipinski definition) is 5. The lowest BCUT2D eigenvalue weighted by molar-refractivity contribution is 0.0693. The molecular weight excluding hydrogens is 278 g/mol. The summed E-state index contributed by atoms with van der Waals surface area (Å²) in [5.74, 6) is -1.02. The summed E-state index contributed by atoms with van der Waals surface area (Å²) in [6, 6.07) is 0. The van der Waals surface area contributed by atoms with Gasteiger partial charge in [0.1, 0.15) is 0 Å². The third-order valence-corrected chi connectivity index (χ3v) is 3.93. The Morgan fingerprint density at radius 3 is 2.90 bits per heavy atom. The highest BCUT2D eigenvalue weighted by atomic mass is 32.2. The first kappa shape index (κ1) is 12.7. The van der Waals surface area contributed by atoms with Crippen molar-refractivity contribution in [3.05, 3.63) is 29.8 Å². The maximum atomic E-state index is 11.4. The molecule has 0 aliphatic heterocycles. The molecule has 0 fully saturated rings. The molecule has 0 radical (unpaired) electrons. The van der Waals surface area contributed by atoms with E-state index in [0.717, 1.165) is 11.1 Å². The molecule has 3 rings (SSSR count). The van der Waals surface area contributed by atoms with E-state index in [1.807, 2.05) is 6.92 Å². The summed E-state index contributed by atoms with van der Waals surface area (Å²) in [5, 5.41) is 15.0. The highest BCUT2D eigenvalue weighted by Crippen LogP contribution is 2.35. The summed E-state index contributed by atoms with van der Waals surface area (Å²) in [5.41, 5.74) is 1.55. The van der Waals surface area contributed by atoms with Crippen molar-refractivity contribution in [2.45, 2.75) is 17.0 Å². The zero-order valence-corrected chi connectivity index (χ0v) is 11.6. The molecule has 20 heavy (non-hydrogen) atoms. The largest absolute Gasteiger partial charge is 0.478 e. The van der Waals surface area contributed by atoms with Gasteiger partial charge in [-0.1, -0.05) is 11.8 Å². The molecule has 8 heteroatoms. The number of aryl methyl sites for hydroxylation is 2. The number of carboxylic acids is 1. The van der Waals surface area contributed by atoms with E-state index in [-0.39, 0.29) is 5.56 Å². The van der Waals surface area contributed by atoms with Crippen LogP contribution in [0.1, 0.15) is 16.1 Å². The second-order valence-electron chi connectivity index (χ2n) is 4.21. The molecule has 0 aliphatic carbocycles. The van der Waals surface area contributed by atoms with Crippen LogP contribution in [0.2, 0.25) is 0 Å². The Morgan fingerprint density at radius 1 is 1.45 bits per heavy atom. The fourth-order valence-corrected chi connectivity index (χ4v) is 3.07. The number of rotatable bonds is 3. The molecule has 0 unspecified atom stereocenters. The van der Waals surface area contributed by atoms with Crippen molar-refractivity contribution in [3.63, 3.8) is 0 Å². The lowest BCUT2D eigenvalue weighted by Gasteiger charge is -2.06. The Balaban J connectivity index is 2.29. The zero-order chi connectivity index (χ0) is 14.3. The quantitative estimate of drug-likeness (QED) is 0.763. The number of aromatic amines is 1. The maximum Gasteiger partial charge on any atom is 0.338 e. The average Bonchev–Trinajstić information content (AvgIpc) is 2.99. The number of hydrogen-bond donors (Lipinski definition) is 2. The molecule has 0 saturated heterocycles. The fraction of sp³-hybridized carbons (Fsp3) is 0.167. The molecule has 0 spiro atoms. The highest BCUT2D eigenvalue weighted by molar-refractivity contribution is 7.99. The van der Waals surface area contributed by atoms with Gasteiger partial charge in [0.15, 0.2) is 10.8 Å². The van der Waals surface area contributed by atoms with E-state index < -0.39 is 5.97 Å². The minimum atomic E-state index is -1.02. The van der Waals surface area contributed by atoms with Crippen molar-refractivity contribution in [2.24, 2.45) is 7.05 Å². The van der Waals surface area contributed by atoms with Gasteiger partial charge >= 0.3 is 5.97 Å². The van der Waals surface area contributed by atoms with Gasteiger partial charge in [-0.05, 0) is 6.92 Å². The Morgan fingerprint density at radius 2 is 2.25 bits per heavy atom. The lowest BCUT2D eigenvalue weighted by Crippen LogP contribution is -2.02. The Kier molecular flexibility index (Phi) is 2.94. The lowest BCUT2D eigenvalue weighted by atomic mass is 10.2.